The van der Waals surface area contributed by atoms with Crippen molar-refractivity contribution in [3.63, 3.8) is 0 Å². The van der Waals surface area contributed by atoms with E-state index in [9.17, 15) is 9.59 Å². The molecule has 2 aromatic rings. The molecular weight excluding hydrogens is 1190 g/mol. The third kappa shape index (κ3) is 11.7. The minimum absolute atomic E-state index is 0. The Morgan fingerprint density at radius 3 is 2.35 bits per heavy atom. The molecule has 3 aliphatic rings. The topological polar surface area (TPSA) is 67.7 Å². The number of hydrogen-bond donors (Lipinski definition) is 0. The summed E-state index contributed by atoms with van der Waals surface area (Å²) < 4.78 is 10.1. The monoisotopic (exact) mass is 1240 g/mol. The van der Waals surface area contributed by atoms with Crippen molar-refractivity contribution >= 4 is 57.0 Å². The first-order valence-electron chi connectivity index (χ1n) is 16.5. The summed E-state index contributed by atoms with van der Waals surface area (Å²) in [6.45, 7) is 9.08. The number of anilines is 1. The standard InChI is InChI=1S/C34H50I3N4O3.2CH3.Li.Lr/c1-24-11-7-5-9-13-27(19-24)36-41-33(43)30-16-15-29(39-17-18-40(32(42)23-39)22-26(3)44-4)21-31(30)38-34(41)37(35)28-14-10-6-8-12-25(2)20-28;;;;/h15-16,21,26-28H,5-14,17-20,22-23H2,1-4H3;2*1H3;;/q-3;2*-1;+1;/t26-,27?,28?;;;;/m0..../s1. The van der Waals surface area contributed by atoms with Crippen molar-refractivity contribution in [3.8, 4) is 0 Å². The summed E-state index contributed by atoms with van der Waals surface area (Å²) in [4.78, 5) is 36.9. The molecule has 7 nitrogen and oxygen atoms in total. The van der Waals surface area contributed by atoms with Gasteiger partial charge < -0.3 is 14.9 Å². The number of halogens is 3. The molecule has 1 amide bonds. The van der Waals surface area contributed by atoms with E-state index in [1.54, 1.807) is 18.9 Å². The maximum Gasteiger partial charge on any atom is 1.00 e. The van der Waals surface area contributed by atoms with Gasteiger partial charge in [-0.3, -0.25) is 0 Å². The van der Waals surface area contributed by atoms with Crippen molar-refractivity contribution in [2.45, 2.75) is 112 Å². The minimum atomic E-state index is -1.79. The van der Waals surface area contributed by atoms with Gasteiger partial charge in [0.1, 0.15) is 0 Å². The summed E-state index contributed by atoms with van der Waals surface area (Å²) in [6.07, 6.45) is 15.2. The van der Waals surface area contributed by atoms with Gasteiger partial charge in [-0.15, -0.1) is 0 Å². The van der Waals surface area contributed by atoms with Crippen molar-refractivity contribution in [2.24, 2.45) is 0 Å². The molecule has 279 valence electrons. The van der Waals surface area contributed by atoms with E-state index in [0.717, 1.165) is 27.0 Å². The largest absolute Gasteiger partial charge is 1.00 e. The van der Waals surface area contributed by atoms with Gasteiger partial charge in [0.2, 0.25) is 0 Å². The number of fused-ring (bicyclic) bond motifs is 1. The first kappa shape index (κ1) is 45.4. The number of methoxy groups -OCH3 is 1. The Labute approximate surface area is 325 Å². The zero-order valence-electron chi connectivity index (χ0n) is 30.2. The molecule has 0 spiro atoms. The second-order valence-corrected chi connectivity index (χ2v) is 26.5. The smallest absolute Gasteiger partial charge is 0.358 e. The average molecular weight is 1240 g/mol. The number of aromatic nitrogens is 2. The molecule has 2 heterocycles. The van der Waals surface area contributed by atoms with E-state index in [0.29, 0.717) is 27.5 Å². The van der Waals surface area contributed by atoms with E-state index in [1.165, 1.54) is 77.0 Å². The van der Waals surface area contributed by atoms with Crippen LogP contribution in [0, 0.1) is 30.5 Å². The van der Waals surface area contributed by atoms with Crippen LogP contribution in [-0.4, -0.2) is 65.8 Å². The van der Waals surface area contributed by atoms with Crippen molar-refractivity contribution in [2.75, 3.05) is 38.2 Å². The molecule has 5 rings (SSSR count). The van der Waals surface area contributed by atoms with E-state index >= 15 is 0 Å². The molecule has 1 aromatic carbocycles. The number of carbonyl (C=O) groups is 1. The number of piperazine rings is 1. The molecule has 0 bridgehead atoms. The average Bonchev–Trinajstić information content (AvgIpc) is 2.99. The number of hydrogen-bond acceptors (Lipinski definition) is 5. The summed E-state index contributed by atoms with van der Waals surface area (Å²) in [5.41, 5.74) is 1.99. The Morgan fingerprint density at radius 2 is 1.69 bits per heavy atom. The predicted octanol–water partition coefficient (Wildman–Crippen LogP) is 2.50. The number of carbonyl (C=O) groups excluding carboxylic acids is 1. The van der Waals surface area contributed by atoms with Gasteiger partial charge >= 0.3 is 307 Å². The minimum Gasteiger partial charge on any atom is -0.358 e. The molecule has 12 heteroatoms. The van der Waals surface area contributed by atoms with Crippen LogP contribution < -0.4 is 50.8 Å². The molecule has 2 aliphatic carbocycles. The second-order valence-electron chi connectivity index (χ2n) is 13.1. The normalized spacial score (nSPS) is 22.5. The van der Waals surface area contributed by atoms with Crippen LogP contribution in [0.15, 0.2) is 23.0 Å². The van der Waals surface area contributed by atoms with E-state index in [-0.39, 0.29) is 51.3 Å². The van der Waals surface area contributed by atoms with Gasteiger partial charge in [0, 0.05) is 7.11 Å². The number of alkyl halides is 2. The van der Waals surface area contributed by atoms with Crippen molar-refractivity contribution in [1.82, 2.24) is 12.7 Å². The molecule has 0 N–H and O–H groups in total. The quantitative estimate of drug-likeness (QED) is 0.134. The number of ether oxygens (including phenoxy) is 1. The molecule has 1 aliphatic heterocycles. The van der Waals surface area contributed by atoms with E-state index in [1.807, 2.05) is 24.0 Å². The summed E-state index contributed by atoms with van der Waals surface area (Å²) in [5, 5.41) is 0.740. The fraction of sp³-hybridized carbons (Fsp3) is 0.639. The summed E-state index contributed by atoms with van der Waals surface area (Å²) >= 11 is 0.484. The Kier molecular flexibility index (Phi) is 20.5. The number of rotatable bonds is 8. The van der Waals surface area contributed by atoms with Gasteiger partial charge in [-0.2, -0.15) is 0 Å². The SMILES string of the molecule is CO[C@@H](C)CN1CCN(c2ccc3c(=O)n([I-]C4CCCCC[C-](C)C4)c(I(I)C4CCCCC[C-](C)C4)nc3c2)CC1=O.[CH3-].[CH3-].[Li+].[Lr]. The first-order chi connectivity index (χ1) is 21.2. The third-order valence-electron chi connectivity index (χ3n) is 9.38. The fourth-order valence-electron chi connectivity index (χ4n) is 6.65. The van der Waals surface area contributed by atoms with Gasteiger partial charge in [-0.25, -0.2) is 0 Å². The van der Waals surface area contributed by atoms with E-state index < -0.39 is 37.3 Å². The molecule has 1 aromatic heterocycles. The molecule has 3 atom stereocenters. The van der Waals surface area contributed by atoms with Gasteiger partial charge in [-0.05, 0) is 0 Å². The van der Waals surface area contributed by atoms with Crippen molar-refractivity contribution < 1.29 is 49.9 Å². The Morgan fingerprint density at radius 1 is 1.02 bits per heavy atom. The Hall–Kier alpha value is -0.623. The molecule has 1 radical (unpaired) electrons. The predicted molar refractivity (Wildman–Crippen MR) is 207 cm³/mol. The molecule has 48 heavy (non-hydrogen) atoms. The molecule has 3 fully saturated rings. The molecular formula is C36H56I3LiLrN4O3-4. The van der Waals surface area contributed by atoms with Crippen LogP contribution in [0.4, 0.5) is 5.69 Å². The number of nitrogens with zero attached hydrogens (tertiary/aromatic N) is 4. The van der Waals surface area contributed by atoms with Crippen LogP contribution in [0.25, 0.3) is 10.9 Å². The van der Waals surface area contributed by atoms with Crippen molar-refractivity contribution in [1.29, 1.82) is 0 Å². The second kappa shape index (κ2) is 21.7. The van der Waals surface area contributed by atoms with Crippen LogP contribution in [0.5, 0.6) is 0 Å². The zero-order valence-corrected chi connectivity index (χ0v) is 38.8. The summed E-state index contributed by atoms with van der Waals surface area (Å²) in [7, 11) is 1.69. The Balaban J connectivity index is 0.00000288. The number of amides is 1. The fourth-order valence-corrected chi connectivity index (χ4v) is 22.9. The van der Waals surface area contributed by atoms with E-state index in [4.69, 9.17) is 9.72 Å². The van der Waals surface area contributed by atoms with Gasteiger partial charge in [0.25, 0.3) is 0 Å². The van der Waals surface area contributed by atoms with Gasteiger partial charge in [-0.1, -0.05) is 0 Å². The van der Waals surface area contributed by atoms with Crippen LogP contribution in [0.1, 0.15) is 97.8 Å². The van der Waals surface area contributed by atoms with Crippen LogP contribution in [-0.2, 0) is 9.53 Å². The van der Waals surface area contributed by atoms with Crippen molar-refractivity contribution in [3.05, 3.63) is 59.1 Å². The van der Waals surface area contributed by atoms with Gasteiger partial charge in [0.15, 0.2) is 0 Å². The van der Waals surface area contributed by atoms with Gasteiger partial charge in [0.05, 0.1) is 0 Å². The number of benzene rings is 1. The van der Waals surface area contributed by atoms with Crippen LogP contribution >= 0.6 is 34.5 Å². The third-order valence-corrected chi connectivity index (χ3v) is 24.8. The van der Waals surface area contributed by atoms with Crippen LogP contribution in [0.2, 0.25) is 0 Å². The summed E-state index contributed by atoms with van der Waals surface area (Å²) in [5.74, 6) is 3.37. The van der Waals surface area contributed by atoms with Crippen LogP contribution in [0.3, 0.4) is 0 Å². The maximum atomic E-state index is 14.4. The maximum absolute atomic E-state index is 14.4. The molecule has 2 saturated carbocycles. The zero-order chi connectivity index (χ0) is 31.2. The Bertz CT molecular complexity index is 1340. The first-order valence-corrected chi connectivity index (χ1v) is 27.3. The molecule has 1 saturated heterocycles. The van der Waals surface area contributed by atoms with E-state index in [2.05, 4.69) is 46.2 Å². The molecule has 2 unspecified atom stereocenters. The summed E-state index contributed by atoms with van der Waals surface area (Å²) in [6, 6.07) is 6.12.